The number of hydrogen-bond donors (Lipinski definition) is 1. The van der Waals surface area contributed by atoms with Gasteiger partial charge in [-0.25, -0.2) is 4.79 Å². The van der Waals surface area contributed by atoms with Crippen LogP contribution in [0.15, 0.2) is 29.4 Å². The predicted octanol–water partition coefficient (Wildman–Crippen LogP) is 2.83. The van der Waals surface area contributed by atoms with Crippen LogP contribution in [0, 0.1) is 0 Å². The zero-order chi connectivity index (χ0) is 14.8. The lowest BCUT2D eigenvalue weighted by Gasteiger charge is -2.40. The Kier molecular flexibility index (Phi) is 3.97. The fraction of sp³-hybridized carbons (Fsp3) is 0.467. The van der Waals surface area contributed by atoms with Crippen LogP contribution >= 0.6 is 0 Å². The summed E-state index contributed by atoms with van der Waals surface area (Å²) in [4.78, 5) is 13.5. The summed E-state index contributed by atoms with van der Waals surface area (Å²) in [6.07, 6.45) is 1.13. The third-order valence-electron chi connectivity index (χ3n) is 3.15. The monoisotopic (exact) mass is 276 g/mol. The Balaban J connectivity index is 1.88. The number of carbonyl (C=O) groups excluding carboxylic acids is 1. The van der Waals surface area contributed by atoms with Crippen LogP contribution in [-0.4, -0.2) is 41.1 Å². The molecule has 1 saturated heterocycles. The first-order valence-electron chi connectivity index (χ1n) is 6.64. The molecule has 5 nitrogen and oxygen atoms in total. The molecule has 0 spiro atoms. The fourth-order valence-corrected chi connectivity index (χ4v) is 2.09. The van der Waals surface area contributed by atoms with Crippen LogP contribution in [0.1, 0.15) is 37.8 Å². The van der Waals surface area contributed by atoms with E-state index in [1.165, 1.54) is 11.8 Å². The SMILES string of the molecule is CC(C)(C)OC(=O)N1CC(c2ccc(C=NO)cc2)C1. The molecular weight excluding hydrogens is 256 g/mol. The van der Waals surface area contributed by atoms with Gasteiger partial charge < -0.3 is 14.8 Å². The van der Waals surface area contributed by atoms with Crippen molar-refractivity contribution in [1.29, 1.82) is 0 Å². The van der Waals surface area contributed by atoms with E-state index < -0.39 is 5.60 Å². The van der Waals surface area contributed by atoms with Crippen molar-refractivity contribution in [3.63, 3.8) is 0 Å². The average molecular weight is 276 g/mol. The van der Waals surface area contributed by atoms with Crippen LogP contribution in [0.3, 0.4) is 0 Å². The summed E-state index contributed by atoms with van der Waals surface area (Å²) in [6, 6.07) is 7.78. The Morgan fingerprint density at radius 1 is 1.35 bits per heavy atom. The minimum absolute atomic E-state index is 0.252. The van der Waals surface area contributed by atoms with Crippen LogP contribution < -0.4 is 0 Å². The number of carbonyl (C=O) groups is 1. The molecule has 1 aromatic rings. The van der Waals surface area contributed by atoms with E-state index in [2.05, 4.69) is 5.16 Å². The van der Waals surface area contributed by atoms with Crippen LogP contribution in [0.5, 0.6) is 0 Å². The number of amides is 1. The molecule has 1 heterocycles. The van der Waals surface area contributed by atoms with Gasteiger partial charge in [0.25, 0.3) is 0 Å². The highest BCUT2D eigenvalue weighted by Gasteiger charge is 2.34. The molecule has 20 heavy (non-hydrogen) atoms. The number of rotatable bonds is 2. The molecule has 1 aliphatic rings. The van der Waals surface area contributed by atoms with Gasteiger partial charge >= 0.3 is 6.09 Å². The summed E-state index contributed by atoms with van der Waals surface area (Å²) in [5.74, 6) is 0.350. The van der Waals surface area contributed by atoms with Gasteiger partial charge in [-0.05, 0) is 31.9 Å². The van der Waals surface area contributed by atoms with E-state index in [-0.39, 0.29) is 6.09 Å². The summed E-state index contributed by atoms with van der Waals surface area (Å²) in [5, 5.41) is 11.4. The molecule has 1 amide bonds. The Bertz CT molecular complexity index is 497. The molecule has 0 aliphatic carbocycles. The van der Waals surface area contributed by atoms with Crippen molar-refractivity contribution in [1.82, 2.24) is 4.90 Å². The van der Waals surface area contributed by atoms with Crippen molar-refractivity contribution in [2.24, 2.45) is 5.16 Å². The Labute approximate surface area is 118 Å². The number of likely N-dealkylation sites (tertiary alicyclic amines) is 1. The van der Waals surface area contributed by atoms with Crippen molar-refractivity contribution in [2.75, 3.05) is 13.1 Å². The van der Waals surface area contributed by atoms with Crippen LogP contribution in [-0.2, 0) is 4.74 Å². The molecule has 0 saturated carbocycles. The van der Waals surface area contributed by atoms with Gasteiger partial charge in [-0.2, -0.15) is 0 Å². The summed E-state index contributed by atoms with van der Waals surface area (Å²) < 4.78 is 5.32. The van der Waals surface area contributed by atoms with Crippen LogP contribution in [0.2, 0.25) is 0 Å². The average Bonchev–Trinajstić information content (AvgIpc) is 2.27. The molecule has 5 heteroatoms. The normalized spacial score (nSPS) is 16.2. The standard InChI is InChI=1S/C15H20N2O3/c1-15(2,3)20-14(18)17-9-13(10-17)12-6-4-11(5-7-12)8-16-19/h4-8,13,19H,9-10H2,1-3H3. The summed E-state index contributed by atoms with van der Waals surface area (Å²) >= 11 is 0. The molecule has 0 unspecified atom stereocenters. The van der Waals surface area contributed by atoms with E-state index in [0.717, 1.165) is 5.56 Å². The van der Waals surface area contributed by atoms with Crippen molar-refractivity contribution >= 4 is 12.3 Å². The first kappa shape index (κ1) is 14.4. The van der Waals surface area contributed by atoms with Gasteiger partial charge in [-0.3, -0.25) is 0 Å². The first-order valence-corrected chi connectivity index (χ1v) is 6.64. The molecular formula is C15H20N2O3. The topological polar surface area (TPSA) is 62.1 Å². The number of ether oxygens (including phenoxy) is 1. The van der Waals surface area contributed by atoms with Crippen LogP contribution in [0.4, 0.5) is 4.79 Å². The molecule has 0 aromatic heterocycles. The van der Waals surface area contributed by atoms with Crippen molar-refractivity contribution in [2.45, 2.75) is 32.3 Å². The van der Waals surface area contributed by atoms with E-state index in [4.69, 9.17) is 9.94 Å². The van der Waals surface area contributed by atoms with Gasteiger partial charge in [0.05, 0.1) is 6.21 Å². The molecule has 1 N–H and O–H groups in total. The largest absolute Gasteiger partial charge is 0.444 e. The maximum absolute atomic E-state index is 11.8. The molecule has 2 rings (SSSR count). The Hall–Kier alpha value is -2.04. The second kappa shape index (κ2) is 5.53. The van der Waals surface area contributed by atoms with Crippen molar-refractivity contribution in [3.8, 4) is 0 Å². The zero-order valence-corrected chi connectivity index (χ0v) is 12.0. The Morgan fingerprint density at radius 3 is 2.45 bits per heavy atom. The highest BCUT2D eigenvalue weighted by atomic mass is 16.6. The van der Waals surface area contributed by atoms with Gasteiger partial charge in [0.2, 0.25) is 0 Å². The number of benzene rings is 1. The third-order valence-corrected chi connectivity index (χ3v) is 3.15. The van der Waals surface area contributed by atoms with E-state index in [1.54, 1.807) is 4.90 Å². The maximum Gasteiger partial charge on any atom is 0.410 e. The summed E-state index contributed by atoms with van der Waals surface area (Å²) in [7, 11) is 0. The fourth-order valence-electron chi connectivity index (χ4n) is 2.09. The van der Waals surface area contributed by atoms with Gasteiger partial charge in [0.1, 0.15) is 5.60 Å². The van der Waals surface area contributed by atoms with Gasteiger partial charge in [0.15, 0.2) is 0 Å². The molecule has 1 fully saturated rings. The van der Waals surface area contributed by atoms with Crippen molar-refractivity contribution in [3.05, 3.63) is 35.4 Å². The van der Waals surface area contributed by atoms with E-state index >= 15 is 0 Å². The lowest BCUT2D eigenvalue weighted by molar-refractivity contribution is 0.00819. The number of hydrogen-bond acceptors (Lipinski definition) is 4. The van der Waals surface area contributed by atoms with Gasteiger partial charge in [0, 0.05) is 19.0 Å². The molecule has 0 radical (unpaired) electrons. The highest BCUT2D eigenvalue weighted by molar-refractivity contribution is 5.79. The number of oxime groups is 1. The molecule has 1 aliphatic heterocycles. The quantitative estimate of drug-likeness (QED) is 0.513. The zero-order valence-electron chi connectivity index (χ0n) is 12.0. The number of nitrogens with zero attached hydrogens (tertiary/aromatic N) is 2. The van der Waals surface area contributed by atoms with Crippen molar-refractivity contribution < 1.29 is 14.7 Å². The van der Waals surface area contributed by atoms with E-state index in [0.29, 0.717) is 19.0 Å². The first-order chi connectivity index (χ1) is 9.39. The summed E-state index contributed by atoms with van der Waals surface area (Å²) in [5.41, 5.74) is 1.58. The Morgan fingerprint density at radius 2 is 1.95 bits per heavy atom. The summed E-state index contributed by atoms with van der Waals surface area (Å²) in [6.45, 7) is 6.96. The highest BCUT2D eigenvalue weighted by Crippen LogP contribution is 2.28. The molecule has 0 bridgehead atoms. The maximum atomic E-state index is 11.8. The smallest absolute Gasteiger partial charge is 0.410 e. The third kappa shape index (κ3) is 3.50. The predicted molar refractivity (Wildman–Crippen MR) is 76.4 cm³/mol. The molecule has 108 valence electrons. The van der Waals surface area contributed by atoms with Gasteiger partial charge in [-0.1, -0.05) is 29.4 Å². The van der Waals surface area contributed by atoms with E-state index in [1.807, 2.05) is 45.0 Å². The molecule has 1 aromatic carbocycles. The lowest BCUT2D eigenvalue weighted by Crippen LogP contribution is -2.50. The molecule has 0 atom stereocenters. The minimum atomic E-state index is -0.451. The van der Waals surface area contributed by atoms with Gasteiger partial charge in [-0.15, -0.1) is 0 Å². The van der Waals surface area contributed by atoms with Crippen LogP contribution in [0.25, 0.3) is 0 Å². The second-order valence-corrected chi connectivity index (χ2v) is 5.99. The van der Waals surface area contributed by atoms with E-state index in [9.17, 15) is 4.79 Å². The second-order valence-electron chi connectivity index (χ2n) is 5.99. The lowest BCUT2D eigenvalue weighted by atomic mass is 9.91. The minimum Gasteiger partial charge on any atom is -0.444 e.